The van der Waals surface area contributed by atoms with Crippen LogP contribution >= 0.6 is 0 Å². The van der Waals surface area contributed by atoms with Crippen LogP contribution in [0.15, 0.2) is 12.1 Å². The number of rotatable bonds is 3. The van der Waals surface area contributed by atoms with E-state index < -0.39 is 11.6 Å². The molecule has 0 aliphatic carbocycles. The van der Waals surface area contributed by atoms with Crippen molar-refractivity contribution in [2.75, 3.05) is 0 Å². The Morgan fingerprint density at radius 2 is 2.11 bits per heavy atom. The molecule has 0 spiro atoms. The predicted octanol–water partition coefficient (Wildman–Crippen LogP) is 2.89. The van der Waals surface area contributed by atoms with E-state index in [4.69, 9.17) is 9.84 Å². The van der Waals surface area contributed by atoms with Gasteiger partial charge in [0.2, 0.25) is 0 Å². The Kier molecular flexibility index (Phi) is 3.35. The summed E-state index contributed by atoms with van der Waals surface area (Å²) in [6.07, 6.45) is 0.570. The minimum absolute atomic E-state index is 0.00395. The van der Waals surface area contributed by atoms with E-state index >= 15 is 0 Å². The van der Waals surface area contributed by atoms with E-state index in [-0.39, 0.29) is 18.6 Å². The van der Waals surface area contributed by atoms with Crippen LogP contribution in [0.3, 0.4) is 0 Å². The standard InChI is InChI=1S/C15H18O4/c1-9-4-5-11-12(16)8-15(3,7-6-13(17)18)19-14(11)10(9)2/h4-5H,6-8H2,1-3H3,(H,17,18). The molecular formula is C15H18O4. The zero-order chi connectivity index (χ0) is 14.2. The van der Waals surface area contributed by atoms with Crippen molar-refractivity contribution < 1.29 is 19.4 Å². The summed E-state index contributed by atoms with van der Waals surface area (Å²) in [6, 6.07) is 3.70. The maximum Gasteiger partial charge on any atom is 0.303 e. The van der Waals surface area contributed by atoms with Crippen LogP contribution in [0.1, 0.15) is 47.7 Å². The van der Waals surface area contributed by atoms with Crippen molar-refractivity contribution in [1.82, 2.24) is 0 Å². The molecule has 1 atom stereocenters. The maximum atomic E-state index is 12.2. The second-order valence-corrected chi connectivity index (χ2v) is 5.43. The van der Waals surface area contributed by atoms with Crippen molar-refractivity contribution in [1.29, 1.82) is 0 Å². The van der Waals surface area contributed by atoms with Crippen molar-refractivity contribution in [3.05, 3.63) is 28.8 Å². The molecule has 1 aromatic rings. The van der Waals surface area contributed by atoms with Crippen LogP contribution in [-0.2, 0) is 4.79 Å². The van der Waals surface area contributed by atoms with Crippen LogP contribution in [0.25, 0.3) is 0 Å². The second kappa shape index (κ2) is 4.68. The number of carbonyl (C=O) groups excluding carboxylic acids is 1. The number of hydrogen-bond donors (Lipinski definition) is 1. The third-order valence-corrected chi connectivity index (χ3v) is 3.73. The third kappa shape index (κ3) is 2.62. The van der Waals surface area contributed by atoms with Crippen molar-refractivity contribution in [2.45, 2.75) is 45.6 Å². The van der Waals surface area contributed by atoms with Gasteiger partial charge in [0.1, 0.15) is 11.4 Å². The van der Waals surface area contributed by atoms with Gasteiger partial charge < -0.3 is 9.84 Å². The summed E-state index contributed by atoms with van der Waals surface area (Å²) in [7, 11) is 0. The SMILES string of the molecule is Cc1ccc2c(c1C)OC(C)(CCC(=O)O)CC2=O. The van der Waals surface area contributed by atoms with Gasteiger partial charge in [0.15, 0.2) is 5.78 Å². The summed E-state index contributed by atoms with van der Waals surface area (Å²) < 4.78 is 5.97. The van der Waals surface area contributed by atoms with E-state index in [0.29, 0.717) is 17.7 Å². The van der Waals surface area contributed by atoms with Crippen LogP contribution in [0, 0.1) is 13.8 Å². The average Bonchev–Trinajstić information content (AvgIpc) is 2.32. The number of aliphatic carboxylic acids is 1. The first-order valence-electron chi connectivity index (χ1n) is 6.37. The molecule has 1 aliphatic heterocycles. The molecule has 1 aliphatic rings. The zero-order valence-corrected chi connectivity index (χ0v) is 11.4. The topological polar surface area (TPSA) is 63.6 Å². The number of ether oxygens (including phenoxy) is 1. The first kappa shape index (κ1) is 13.6. The number of hydrogen-bond acceptors (Lipinski definition) is 3. The lowest BCUT2D eigenvalue weighted by atomic mass is 9.86. The van der Waals surface area contributed by atoms with Crippen molar-refractivity contribution >= 4 is 11.8 Å². The molecule has 4 nitrogen and oxygen atoms in total. The van der Waals surface area contributed by atoms with Gasteiger partial charge >= 0.3 is 5.97 Å². The molecule has 2 rings (SSSR count). The molecule has 0 bridgehead atoms. The molecule has 0 saturated carbocycles. The summed E-state index contributed by atoms with van der Waals surface area (Å²) in [5.41, 5.74) is 1.90. The first-order chi connectivity index (χ1) is 8.82. The number of ketones is 1. The minimum atomic E-state index is -0.871. The van der Waals surface area contributed by atoms with Gasteiger partial charge in [0.25, 0.3) is 0 Å². The van der Waals surface area contributed by atoms with Crippen molar-refractivity contribution in [3.63, 3.8) is 0 Å². The molecule has 1 unspecified atom stereocenters. The van der Waals surface area contributed by atoms with Gasteiger partial charge in [-0.1, -0.05) is 6.07 Å². The first-order valence-corrected chi connectivity index (χ1v) is 6.37. The Labute approximate surface area is 112 Å². The Hall–Kier alpha value is -1.84. The average molecular weight is 262 g/mol. The van der Waals surface area contributed by atoms with E-state index in [2.05, 4.69) is 0 Å². The molecule has 0 aromatic heterocycles. The summed E-state index contributed by atoms with van der Waals surface area (Å²) in [6.45, 7) is 5.69. The molecule has 0 amide bonds. The van der Waals surface area contributed by atoms with Gasteiger partial charge in [-0.05, 0) is 44.4 Å². The fourth-order valence-corrected chi connectivity index (χ4v) is 2.37. The molecule has 1 N–H and O–H groups in total. The van der Waals surface area contributed by atoms with E-state index in [1.54, 1.807) is 13.0 Å². The predicted molar refractivity (Wildman–Crippen MR) is 70.8 cm³/mol. The molecule has 0 saturated heterocycles. The van der Waals surface area contributed by atoms with Gasteiger partial charge in [0, 0.05) is 6.42 Å². The smallest absolute Gasteiger partial charge is 0.303 e. The molecule has 102 valence electrons. The van der Waals surface area contributed by atoms with E-state index in [0.717, 1.165) is 11.1 Å². The highest BCUT2D eigenvalue weighted by Crippen LogP contribution is 2.38. The van der Waals surface area contributed by atoms with Gasteiger partial charge in [-0.25, -0.2) is 0 Å². The van der Waals surface area contributed by atoms with Crippen molar-refractivity contribution in [3.8, 4) is 5.75 Å². The molecule has 0 radical (unpaired) electrons. The largest absolute Gasteiger partial charge is 0.486 e. The molecule has 19 heavy (non-hydrogen) atoms. The Morgan fingerprint density at radius 1 is 1.42 bits per heavy atom. The lowest BCUT2D eigenvalue weighted by Gasteiger charge is -2.35. The lowest BCUT2D eigenvalue weighted by Crippen LogP contribution is -2.40. The number of carbonyl (C=O) groups is 2. The zero-order valence-electron chi connectivity index (χ0n) is 11.4. The highest BCUT2D eigenvalue weighted by molar-refractivity contribution is 6.00. The van der Waals surface area contributed by atoms with Gasteiger partial charge in [-0.15, -0.1) is 0 Å². The monoisotopic (exact) mass is 262 g/mol. The molecule has 1 heterocycles. The molecule has 4 heteroatoms. The van der Waals surface area contributed by atoms with Gasteiger partial charge in [-0.2, -0.15) is 0 Å². The minimum Gasteiger partial charge on any atom is -0.486 e. The fourth-order valence-electron chi connectivity index (χ4n) is 2.37. The number of Topliss-reactive ketones (excluding diaryl/α,β-unsaturated/α-hetero) is 1. The highest BCUT2D eigenvalue weighted by atomic mass is 16.5. The van der Waals surface area contributed by atoms with Crippen LogP contribution in [0.4, 0.5) is 0 Å². The number of carboxylic acid groups (broad SMARTS) is 1. The molecular weight excluding hydrogens is 244 g/mol. The number of fused-ring (bicyclic) bond motifs is 1. The van der Waals surface area contributed by atoms with E-state index in [9.17, 15) is 9.59 Å². The van der Waals surface area contributed by atoms with Crippen LogP contribution < -0.4 is 4.74 Å². The summed E-state index contributed by atoms with van der Waals surface area (Å²) in [5.74, 6) is -0.231. The van der Waals surface area contributed by atoms with Crippen LogP contribution in [-0.4, -0.2) is 22.5 Å². The number of benzene rings is 1. The Morgan fingerprint density at radius 3 is 2.74 bits per heavy atom. The highest BCUT2D eigenvalue weighted by Gasteiger charge is 2.37. The van der Waals surface area contributed by atoms with Crippen LogP contribution in [0.2, 0.25) is 0 Å². The van der Waals surface area contributed by atoms with E-state index in [1.165, 1.54) is 0 Å². The van der Waals surface area contributed by atoms with Crippen molar-refractivity contribution in [2.24, 2.45) is 0 Å². The lowest BCUT2D eigenvalue weighted by molar-refractivity contribution is -0.138. The van der Waals surface area contributed by atoms with E-state index in [1.807, 2.05) is 19.9 Å². The summed E-state index contributed by atoms with van der Waals surface area (Å²) >= 11 is 0. The third-order valence-electron chi connectivity index (χ3n) is 3.73. The Balaban J connectivity index is 2.34. The maximum absolute atomic E-state index is 12.2. The number of carboxylic acids is 1. The van der Waals surface area contributed by atoms with Gasteiger partial charge in [0.05, 0.1) is 12.0 Å². The van der Waals surface area contributed by atoms with Gasteiger partial charge in [-0.3, -0.25) is 9.59 Å². The quantitative estimate of drug-likeness (QED) is 0.909. The normalized spacial score (nSPS) is 21.7. The summed E-state index contributed by atoms with van der Waals surface area (Å²) in [4.78, 5) is 22.9. The molecule has 0 fully saturated rings. The second-order valence-electron chi connectivity index (χ2n) is 5.43. The number of aryl methyl sites for hydroxylation is 1. The Bertz CT molecular complexity index is 547. The van der Waals surface area contributed by atoms with Crippen LogP contribution in [0.5, 0.6) is 5.75 Å². The molecule has 1 aromatic carbocycles. The fraction of sp³-hybridized carbons (Fsp3) is 0.467. The summed E-state index contributed by atoms with van der Waals surface area (Å²) in [5, 5.41) is 8.78.